The van der Waals surface area contributed by atoms with Crippen LogP contribution in [0.2, 0.25) is 0 Å². The number of nitrogens with zero attached hydrogens (tertiary/aromatic N) is 3. The Bertz CT molecular complexity index is 732. The number of rotatable bonds is 3. The summed E-state index contributed by atoms with van der Waals surface area (Å²) in [6.45, 7) is 0. The Balaban J connectivity index is 2.10. The molecule has 0 N–H and O–H groups in total. The normalized spacial score (nSPS) is 10.6. The number of fused-ring (bicyclic) bond motifs is 1. The molecule has 0 aliphatic carbocycles. The van der Waals surface area contributed by atoms with Gasteiger partial charge in [0.1, 0.15) is 11.3 Å². The molecule has 0 saturated carbocycles. The molecule has 0 bridgehead atoms. The van der Waals surface area contributed by atoms with Crippen LogP contribution < -0.4 is 4.74 Å². The number of methoxy groups -OCH3 is 1. The van der Waals surface area contributed by atoms with Crippen molar-refractivity contribution in [3.05, 3.63) is 48.5 Å². The predicted molar refractivity (Wildman–Crippen MR) is 70.4 cm³/mol. The minimum atomic E-state index is 0.526. The minimum absolute atomic E-state index is 0.526. The summed E-state index contributed by atoms with van der Waals surface area (Å²) in [5.74, 6) is 0.570. The molecule has 0 spiro atoms. The molecule has 5 nitrogen and oxygen atoms in total. The average Bonchev–Trinajstić information content (AvgIpc) is 2.89. The summed E-state index contributed by atoms with van der Waals surface area (Å²) in [5.41, 5.74) is 3.18. The van der Waals surface area contributed by atoms with Crippen molar-refractivity contribution in [1.29, 1.82) is 0 Å². The fourth-order valence-corrected chi connectivity index (χ4v) is 1.93. The summed E-state index contributed by atoms with van der Waals surface area (Å²) in [4.78, 5) is 19.2. The molecule has 94 valence electrons. The van der Waals surface area contributed by atoms with Crippen molar-refractivity contribution in [3.8, 4) is 17.0 Å². The van der Waals surface area contributed by atoms with E-state index in [1.165, 1.54) is 0 Å². The van der Waals surface area contributed by atoms with E-state index in [1.807, 2.05) is 24.4 Å². The molecule has 3 heterocycles. The van der Waals surface area contributed by atoms with Crippen LogP contribution in [-0.2, 0) is 0 Å². The fourth-order valence-electron chi connectivity index (χ4n) is 1.93. The molecule has 0 amide bonds. The van der Waals surface area contributed by atoms with Crippen LogP contribution in [0.1, 0.15) is 10.5 Å². The highest BCUT2D eigenvalue weighted by Crippen LogP contribution is 2.21. The third-order valence-corrected chi connectivity index (χ3v) is 2.93. The summed E-state index contributed by atoms with van der Waals surface area (Å²) < 4.78 is 6.78. The molecule has 0 aromatic carbocycles. The molecule has 0 radical (unpaired) electrons. The van der Waals surface area contributed by atoms with Gasteiger partial charge in [-0.2, -0.15) is 0 Å². The Morgan fingerprint density at radius 1 is 1.11 bits per heavy atom. The summed E-state index contributed by atoms with van der Waals surface area (Å²) in [6.07, 6.45) is 5.95. The number of aldehydes is 1. The number of hydrogen-bond acceptors (Lipinski definition) is 4. The average molecular weight is 253 g/mol. The lowest BCUT2D eigenvalue weighted by Gasteiger charge is -2.04. The Kier molecular flexibility index (Phi) is 2.72. The number of pyridine rings is 2. The van der Waals surface area contributed by atoms with Crippen LogP contribution in [0.25, 0.3) is 16.8 Å². The third-order valence-electron chi connectivity index (χ3n) is 2.93. The molecule has 0 saturated heterocycles. The lowest BCUT2D eigenvalue weighted by molar-refractivity contribution is 0.111. The number of carbonyl (C=O) groups is 1. The fraction of sp³-hybridized carbons (Fsp3) is 0.0714. The smallest absolute Gasteiger partial charge is 0.212 e. The van der Waals surface area contributed by atoms with Gasteiger partial charge in [-0.25, -0.2) is 9.97 Å². The molecule has 0 atom stereocenters. The van der Waals surface area contributed by atoms with Gasteiger partial charge < -0.3 is 4.74 Å². The van der Waals surface area contributed by atoms with Crippen molar-refractivity contribution >= 4 is 11.9 Å². The second-order valence-corrected chi connectivity index (χ2v) is 4.04. The van der Waals surface area contributed by atoms with E-state index in [0.717, 1.165) is 23.1 Å². The number of ether oxygens (including phenoxy) is 1. The zero-order chi connectivity index (χ0) is 13.2. The van der Waals surface area contributed by atoms with Crippen LogP contribution in [0, 0.1) is 0 Å². The molecule has 3 aromatic rings. The first-order valence-electron chi connectivity index (χ1n) is 5.74. The van der Waals surface area contributed by atoms with Gasteiger partial charge in [-0.15, -0.1) is 0 Å². The maximum absolute atomic E-state index is 10.9. The molecule has 0 unspecified atom stereocenters. The van der Waals surface area contributed by atoms with Crippen molar-refractivity contribution in [1.82, 2.24) is 14.4 Å². The second-order valence-electron chi connectivity index (χ2n) is 4.04. The van der Waals surface area contributed by atoms with Crippen LogP contribution >= 0.6 is 0 Å². The van der Waals surface area contributed by atoms with Gasteiger partial charge >= 0.3 is 0 Å². The Morgan fingerprint density at radius 3 is 2.63 bits per heavy atom. The first-order chi connectivity index (χ1) is 9.31. The third kappa shape index (κ3) is 1.95. The highest BCUT2D eigenvalue weighted by molar-refractivity contribution is 5.75. The van der Waals surface area contributed by atoms with Crippen molar-refractivity contribution in [3.63, 3.8) is 0 Å². The maximum Gasteiger partial charge on any atom is 0.212 e. The van der Waals surface area contributed by atoms with Gasteiger partial charge in [0.2, 0.25) is 5.88 Å². The van der Waals surface area contributed by atoms with Crippen molar-refractivity contribution in [2.45, 2.75) is 0 Å². The molecule has 19 heavy (non-hydrogen) atoms. The van der Waals surface area contributed by atoms with Crippen molar-refractivity contribution in [2.75, 3.05) is 7.11 Å². The van der Waals surface area contributed by atoms with E-state index >= 15 is 0 Å². The van der Waals surface area contributed by atoms with Crippen LogP contribution in [0.4, 0.5) is 0 Å². The lowest BCUT2D eigenvalue weighted by atomic mass is 10.1. The Labute approximate surface area is 109 Å². The quantitative estimate of drug-likeness (QED) is 0.671. The SMILES string of the molecule is COc1ccc(-c2ccc3ncc(C=O)n3c2)cn1. The lowest BCUT2D eigenvalue weighted by Crippen LogP contribution is -1.92. The molecule has 0 fully saturated rings. The van der Waals surface area contributed by atoms with Gasteiger partial charge in [0.15, 0.2) is 6.29 Å². The molecule has 3 aromatic heterocycles. The number of aromatic nitrogens is 3. The van der Waals surface area contributed by atoms with E-state index in [1.54, 1.807) is 30.0 Å². The maximum atomic E-state index is 10.9. The second kappa shape index (κ2) is 4.53. The van der Waals surface area contributed by atoms with Crippen molar-refractivity contribution < 1.29 is 9.53 Å². The highest BCUT2D eigenvalue weighted by atomic mass is 16.5. The van der Waals surface area contributed by atoms with E-state index in [0.29, 0.717) is 11.6 Å². The van der Waals surface area contributed by atoms with Gasteiger partial charge in [0.05, 0.1) is 13.3 Å². The van der Waals surface area contributed by atoms with Gasteiger partial charge in [0.25, 0.3) is 0 Å². The van der Waals surface area contributed by atoms with Crippen LogP contribution in [0.3, 0.4) is 0 Å². The standard InChI is InChI=1S/C14H11N3O2/c1-19-14-5-3-10(6-16-14)11-2-4-13-15-7-12(9-18)17(13)8-11/h2-9H,1H3. The summed E-state index contributed by atoms with van der Waals surface area (Å²) >= 11 is 0. The Morgan fingerprint density at radius 2 is 1.95 bits per heavy atom. The Hall–Kier alpha value is -2.69. The number of hydrogen-bond donors (Lipinski definition) is 0. The molecule has 0 aliphatic rings. The first-order valence-corrected chi connectivity index (χ1v) is 5.74. The van der Waals surface area contributed by atoms with Crippen LogP contribution in [0.5, 0.6) is 5.88 Å². The summed E-state index contributed by atoms with van der Waals surface area (Å²) in [7, 11) is 1.58. The first kappa shape index (κ1) is 11.4. The predicted octanol–water partition coefficient (Wildman–Crippen LogP) is 2.22. The number of carbonyl (C=O) groups excluding carboxylic acids is 1. The zero-order valence-corrected chi connectivity index (χ0v) is 10.3. The summed E-state index contributed by atoms with van der Waals surface area (Å²) in [6, 6.07) is 7.53. The van der Waals surface area contributed by atoms with Gasteiger partial charge in [-0.1, -0.05) is 0 Å². The van der Waals surface area contributed by atoms with E-state index in [4.69, 9.17) is 4.74 Å². The van der Waals surface area contributed by atoms with Crippen molar-refractivity contribution in [2.24, 2.45) is 0 Å². The number of imidazole rings is 1. The van der Waals surface area contributed by atoms with Crippen LogP contribution in [-0.4, -0.2) is 27.8 Å². The highest BCUT2D eigenvalue weighted by Gasteiger charge is 2.05. The van der Waals surface area contributed by atoms with E-state index in [2.05, 4.69) is 9.97 Å². The summed E-state index contributed by atoms with van der Waals surface area (Å²) in [5, 5.41) is 0. The van der Waals surface area contributed by atoms with Crippen LogP contribution in [0.15, 0.2) is 42.9 Å². The monoisotopic (exact) mass is 253 g/mol. The molecule has 5 heteroatoms. The van der Waals surface area contributed by atoms with E-state index in [9.17, 15) is 4.79 Å². The van der Waals surface area contributed by atoms with Gasteiger partial charge in [0, 0.05) is 29.6 Å². The minimum Gasteiger partial charge on any atom is -0.481 e. The molecular formula is C14H11N3O2. The van der Waals surface area contributed by atoms with Gasteiger partial charge in [-0.3, -0.25) is 9.20 Å². The molecule has 0 aliphatic heterocycles. The van der Waals surface area contributed by atoms with Gasteiger partial charge in [-0.05, 0) is 18.2 Å². The zero-order valence-electron chi connectivity index (χ0n) is 10.3. The molecular weight excluding hydrogens is 242 g/mol. The largest absolute Gasteiger partial charge is 0.481 e. The molecule has 3 rings (SSSR count). The van der Waals surface area contributed by atoms with E-state index in [-0.39, 0.29) is 0 Å². The van der Waals surface area contributed by atoms with E-state index < -0.39 is 0 Å². The topological polar surface area (TPSA) is 56.5 Å².